The molecule has 2 aromatic carbocycles. The first-order valence-corrected chi connectivity index (χ1v) is 14.0. The van der Waals surface area contributed by atoms with Crippen LogP contribution in [0.1, 0.15) is 12.8 Å². The van der Waals surface area contributed by atoms with E-state index in [0.29, 0.717) is 61.9 Å². The van der Waals surface area contributed by atoms with E-state index in [4.69, 9.17) is 9.47 Å². The van der Waals surface area contributed by atoms with Gasteiger partial charge >= 0.3 is 6.09 Å². The zero-order valence-electron chi connectivity index (χ0n) is 21.6. The quantitative estimate of drug-likeness (QED) is 0.462. The van der Waals surface area contributed by atoms with Gasteiger partial charge in [0.25, 0.3) is 5.56 Å². The molecule has 39 heavy (non-hydrogen) atoms. The number of benzene rings is 2. The summed E-state index contributed by atoms with van der Waals surface area (Å²) in [5.41, 5.74) is 0.917. The number of aromatic nitrogens is 1. The molecule has 204 valence electrons. The molecule has 2 fully saturated rings. The molecule has 3 aliphatic rings. The van der Waals surface area contributed by atoms with Crippen molar-refractivity contribution >= 4 is 46.0 Å². The minimum Gasteiger partial charge on any atom is -0.497 e. The Balaban J connectivity index is 1.08. The van der Waals surface area contributed by atoms with Gasteiger partial charge in [-0.05, 0) is 54.6 Å². The van der Waals surface area contributed by atoms with Gasteiger partial charge in [-0.3, -0.25) is 14.5 Å². The number of methoxy groups -OCH3 is 1. The van der Waals surface area contributed by atoms with Crippen molar-refractivity contribution in [1.82, 2.24) is 9.47 Å². The number of thioether (sulfide) groups is 1. The Morgan fingerprint density at radius 3 is 2.85 bits per heavy atom. The van der Waals surface area contributed by atoms with Crippen molar-refractivity contribution < 1.29 is 24.2 Å². The Kier molecular flexibility index (Phi) is 6.74. The van der Waals surface area contributed by atoms with Gasteiger partial charge in [-0.25, -0.2) is 4.79 Å². The zero-order chi connectivity index (χ0) is 27.1. The number of aliphatic hydroxyl groups is 1. The molecule has 4 heterocycles. The van der Waals surface area contributed by atoms with Crippen LogP contribution in [0.25, 0.3) is 10.9 Å². The lowest BCUT2D eigenvalue weighted by molar-refractivity contribution is -0.113. The number of nitrogens with one attached hydrogen (secondary N) is 1. The van der Waals surface area contributed by atoms with Gasteiger partial charge in [-0.1, -0.05) is 0 Å². The predicted octanol–water partition coefficient (Wildman–Crippen LogP) is 2.91. The minimum atomic E-state index is -1.05. The average molecular weight is 551 g/mol. The molecule has 11 heteroatoms. The first kappa shape index (κ1) is 25.7. The lowest BCUT2D eigenvalue weighted by Crippen LogP contribution is -2.41. The van der Waals surface area contributed by atoms with Crippen molar-refractivity contribution in [3.05, 3.63) is 58.9 Å². The molecule has 2 atom stereocenters. The third-order valence-corrected chi connectivity index (χ3v) is 8.69. The number of ether oxygens (including phenoxy) is 2. The smallest absolute Gasteiger partial charge is 0.414 e. The van der Waals surface area contributed by atoms with Gasteiger partial charge in [0.1, 0.15) is 11.9 Å². The summed E-state index contributed by atoms with van der Waals surface area (Å²) in [5.74, 6) is 0.988. The number of hydrogen-bond donors (Lipinski definition) is 2. The summed E-state index contributed by atoms with van der Waals surface area (Å²) in [7, 11) is 1.58. The van der Waals surface area contributed by atoms with Crippen molar-refractivity contribution in [2.45, 2.75) is 36.0 Å². The number of carbonyl (C=O) groups is 2. The fraction of sp³-hybridized carbons (Fsp3) is 0.393. The molecule has 3 aliphatic heterocycles. The first-order chi connectivity index (χ1) is 18.8. The van der Waals surface area contributed by atoms with E-state index >= 15 is 0 Å². The van der Waals surface area contributed by atoms with Crippen molar-refractivity contribution in [3.63, 3.8) is 0 Å². The van der Waals surface area contributed by atoms with Gasteiger partial charge in [0, 0.05) is 42.3 Å². The van der Waals surface area contributed by atoms with E-state index in [1.807, 2.05) is 36.4 Å². The fourth-order valence-electron chi connectivity index (χ4n) is 5.56. The number of carbonyl (C=O) groups excluding carboxylic acids is 2. The standard InChI is InChI=1S/C28H30N4O6S/c1-37-20-5-2-18-3-7-26(34)32(23(18)13-20)17-28(36)9-11-30(16-28)10-8-21-14-31(27(35)38-21)19-4-6-24-22(12-19)29-25(33)15-39-24/h2-7,12-13,21,36H,8-11,14-17H2,1H3,(H,29,33)/t21-,28?/m1/s1. The summed E-state index contributed by atoms with van der Waals surface area (Å²) in [6.07, 6.45) is 0.481. The van der Waals surface area contributed by atoms with Crippen molar-refractivity contribution in [2.24, 2.45) is 0 Å². The molecular weight excluding hydrogens is 520 g/mol. The lowest BCUT2D eigenvalue weighted by Gasteiger charge is -2.25. The van der Waals surface area contributed by atoms with E-state index < -0.39 is 11.7 Å². The Morgan fingerprint density at radius 2 is 2.00 bits per heavy atom. The Bertz CT molecular complexity index is 1510. The van der Waals surface area contributed by atoms with Gasteiger partial charge in [-0.15, -0.1) is 11.8 Å². The van der Waals surface area contributed by atoms with Gasteiger partial charge in [-0.2, -0.15) is 0 Å². The van der Waals surface area contributed by atoms with Crippen LogP contribution in [-0.2, 0) is 16.1 Å². The van der Waals surface area contributed by atoms with Crippen LogP contribution in [0.2, 0.25) is 0 Å². The summed E-state index contributed by atoms with van der Waals surface area (Å²) in [4.78, 5) is 41.8. The fourth-order valence-corrected chi connectivity index (χ4v) is 6.35. The van der Waals surface area contributed by atoms with Crippen LogP contribution in [0.5, 0.6) is 5.75 Å². The highest BCUT2D eigenvalue weighted by Crippen LogP contribution is 2.36. The number of β-amino-alcohol motifs (C(OH)–C–C–N with tert-alkyl or cyclic N) is 1. The highest BCUT2D eigenvalue weighted by molar-refractivity contribution is 8.00. The first-order valence-electron chi connectivity index (χ1n) is 13.0. The molecule has 2 saturated heterocycles. The summed E-state index contributed by atoms with van der Waals surface area (Å²) in [5, 5.41) is 15.2. The molecule has 10 nitrogen and oxygen atoms in total. The molecule has 2 N–H and O–H groups in total. The van der Waals surface area contributed by atoms with Gasteiger partial charge in [0.05, 0.1) is 42.8 Å². The van der Waals surface area contributed by atoms with E-state index in [0.717, 1.165) is 15.8 Å². The third-order valence-electron chi connectivity index (χ3n) is 7.61. The number of cyclic esters (lactones) is 1. The number of anilines is 2. The molecule has 6 rings (SSSR count). The highest BCUT2D eigenvalue weighted by Gasteiger charge is 2.38. The van der Waals surface area contributed by atoms with Crippen LogP contribution < -0.4 is 20.5 Å². The summed E-state index contributed by atoms with van der Waals surface area (Å²) < 4.78 is 12.6. The molecule has 0 spiro atoms. The molecule has 0 aliphatic carbocycles. The molecule has 2 amide bonds. The van der Waals surface area contributed by atoms with Crippen LogP contribution >= 0.6 is 11.8 Å². The molecular formula is C28H30N4O6S. The molecule has 3 aromatic rings. The minimum absolute atomic E-state index is 0.0536. The second-order valence-electron chi connectivity index (χ2n) is 10.4. The van der Waals surface area contributed by atoms with Crippen LogP contribution in [-0.4, -0.2) is 77.3 Å². The van der Waals surface area contributed by atoms with Gasteiger partial charge < -0.3 is 29.4 Å². The molecule has 0 radical (unpaired) electrons. The monoisotopic (exact) mass is 550 g/mol. The number of pyridine rings is 1. The van der Waals surface area contributed by atoms with Gasteiger partial charge in [0.15, 0.2) is 0 Å². The summed E-state index contributed by atoms with van der Waals surface area (Å²) in [6, 6.07) is 14.5. The number of likely N-dealkylation sites (tertiary alicyclic amines) is 1. The molecule has 0 bridgehead atoms. The number of amides is 2. The zero-order valence-corrected chi connectivity index (χ0v) is 22.4. The van der Waals surface area contributed by atoms with Crippen molar-refractivity contribution in [2.75, 3.05) is 49.3 Å². The Morgan fingerprint density at radius 1 is 1.15 bits per heavy atom. The van der Waals surface area contributed by atoms with E-state index in [9.17, 15) is 19.5 Å². The summed E-state index contributed by atoms with van der Waals surface area (Å²) >= 11 is 1.48. The Labute approximate surface area is 229 Å². The maximum Gasteiger partial charge on any atom is 0.414 e. The number of fused-ring (bicyclic) bond motifs is 2. The largest absolute Gasteiger partial charge is 0.497 e. The average Bonchev–Trinajstić information content (AvgIpc) is 3.50. The van der Waals surface area contributed by atoms with E-state index in [1.165, 1.54) is 17.8 Å². The molecule has 1 aromatic heterocycles. The second-order valence-corrected chi connectivity index (χ2v) is 11.4. The maximum absolute atomic E-state index is 12.7. The molecule has 0 saturated carbocycles. The van der Waals surface area contributed by atoms with Crippen molar-refractivity contribution in [1.29, 1.82) is 0 Å². The SMILES string of the molecule is COc1ccc2ccc(=O)n(CC3(O)CCN(CC[C@@H]4CN(c5ccc6c(c5)NC(=O)CS6)C(=O)O4)C3)c2c1. The van der Waals surface area contributed by atoms with E-state index in [-0.39, 0.29) is 24.1 Å². The summed E-state index contributed by atoms with van der Waals surface area (Å²) in [6.45, 7) is 2.37. The Hall–Kier alpha value is -3.54. The number of rotatable bonds is 7. The lowest BCUT2D eigenvalue weighted by atomic mass is 10.0. The van der Waals surface area contributed by atoms with Gasteiger partial charge in [0.2, 0.25) is 5.91 Å². The number of nitrogens with zero attached hydrogens (tertiary/aromatic N) is 3. The van der Waals surface area contributed by atoms with Crippen LogP contribution in [0.4, 0.5) is 16.2 Å². The van der Waals surface area contributed by atoms with Crippen molar-refractivity contribution in [3.8, 4) is 5.75 Å². The maximum atomic E-state index is 12.7. The highest BCUT2D eigenvalue weighted by atomic mass is 32.2. The van der Waals surface area contributed by atoms with Crippen LogP contribution in [0.15, 0.2) is 58.2 Å². The normalized spacial score (nSPS) is 23.1. The predicted molar refractivity (Wildman–Crippen MR) is 149 cm³/mol. The number of hydrogen-bond acceptors (Lipinski definition) is 8. The van der Waals surface area contributed by atoms with E-state index in [1.54, 1.807) is 22.6 Å². The van der Waals surface area contributed by atoms with Crippen LogP contribution in [0, 0.1) is 0 Å². The van der Waals surface area contributed by atoms with E-state index in [2.05, 4.69) is 10.2 Å². The topological polar surface area (TPSA) is 113 Å². The second kappa shape index (κ2) is 10.2. The third kappa shape index (κ3) is 5.21. The molecule has 1 unspecified atom stereocenters. The van der Waals surface area contributed by atoms with Crippen LogP contribution in [0.3, 0.4) is 0 Å².